The maximum absolute atomic E-state index is 3.97. The van der Waals surface area contributed by atoms with Crippen molar-refractivity contribution in [1.82, 2.24) is 0 Å². The summed E-state index contributed by atoms with van der Waals surface area (Å²) in [5.74, 6) is 1.80. The second kappa shape index (κ2) is 2.55. The lowest BCUT2D eigenvalue weighted by Crippen LogP contribution is -1.93. The van der Waals surface area contributed by atoms with Crippen LogP contribution in [0.15, 0.2) is 12.2 Å². The van der Waals surface area contributed by atoms with Gasteiger partial charge in [0.2, 0.25) is 0 Å². The first-order chi connectivity index (χ1) is 4.20. The van der Waals surface area contributed by atoms with Crippen molar-refractivity contribution in [2.24, 2.45) is 11.8 Å². The van der Waals surface area contributed by atoms with Crippen molar-refractivity contribution in [3.63, 3.8) is 0 Å². The molecule has 0 radical (unpaired) electrons. The van der Waals surface area contributed by atoms with E-state index < -0.39 is 0 Å². The first kappa shape index (κ1) is 6.85. The van der Waals surface area contributed by atoms with Crippen LogP contribution in [0.5, 0.6) is 0 Å². The molecular formula is C9H16. The van der Waals surface area contributed by atoms with E-state index in [1.54, 1.807) is 0 Å². The highest BCUT2D eigenvalue weighted by atomic mass is 14.3. The lowest BCUT2D eigenvalue weighted by atomic mass is 10.00. The molecule has 0 heterocycles. The summed E-state index contributed by atoms with van der Waals surface area (Å²) in [6.07, 6.45) is 4.18. The molecule has 1 rings (SSSR count). The Morgan fingerprint density at radius 3 is 2.33 bits per heavy atom. The average Bonchev–Trinajstić information content (AvgIpc) is 2.14. The highest BCUT2D eigenvalue weighted by molar-refractivity contribution is 4.99. The van der Waals surface area contributed by atoms with Crippen LogP contribution in [0.1, 0.15) is 33.1 Å². The summed E-state index contributed by atoms with van der Waals surface area (Å²) in [5.41, 5.74) is 1.39. The van der Waals surface area contributed by atoms with E-state index in [-0.39, 0.29) is 0 Å². The van der Waals surface area contributed by atoms with E-state index in [4.69, 9.17) is 0 Å². The highest BCUT2D eigenvalue weighted by Crippen LogP contribution is 2.33. The van der Waals surface area contributed by atoms with Gasteiger partial charge in [-0.3, -0.25) is 0 Å². The molecule has 2 atom stereocenters. The highest BCUT2D eigenvalue weighted by Gasteiger charge is 2.20. The summed E-state index contributed by atoms with van der Waals surface area (Å²) < 4.78 is 0. The summed E-state index contributed by atoms with van der Waals surface area (Å²) in [5, 5.41) is 0. The molecule has 0 aliphatic heterocycles. The Hall–Kier alpha value is -0.260. The van der Waals surface area contributed by atoms with Crippen LogP contribution in [-0.4, -0.2) is 0 Å². The van der Waals surface area contributed by atoms with Gasteiger partial charge in [0.1, 0.15) is 0 Å². The molecule has 9 heavy (non-hydrogen) atoms. The first-order valence-electron chi connectivity index (χ1n) is 3.85. The van der Waals surface area contributed by atoms with Crippen molar-refractivity contribution in [1.29, 1.82) is 0 Å². The van der Waals surface area contributed by atoms with Crippen molar-refractivity contribution in [3.05, 3.63) is 12.2 Å². The third kappa shape index (κ3) is 1.57. The van der Waals surface area contributed by atoms with Gasteiger partial charge in [-0.15, -0.1) is 0 Å². The Labute approximate surface area is 58.0 Å². The first-order valence-corrected chi connectivity index (χ1v) is 3.85. The normalized spacial score (nSPS) is 34.9. The molecule has 0 unspecified atom stereocenters. The predicted molar refractivity (Wildman–Crippen MR) is 41.3 cm³/mol. The third-order valence-corrected chi connectivity index (χ3v) is 2.39. The van der Waals surface area contributed by atoms with Gasteiger partial charge < -0.3 is 0 Å². The molecule has 52 valence electrons. The fourth-order valence-electron chi connectivity index (χ4n) is 1.65. The topological polar surface area (TPSA) is 0 Å². The monoisotopic (exact) mass is 124 g/mol. The van der Waals surface area contributed by atoms with Crippen LogP contribution in [0, 0.1) is 11.8 Å². The third-order valence-electron chi connectivity index (χ3n) is 2.39. The van der Waals surface area contributed by atoms with Crippen molar-refractivity contribution in [3.8, 4) is 0 Å². The van der Waals surface area contributed by atoms with Gasteiger partial charge in [-0.05, 0) is 31.6 Å². The molecule has 0 nitrogen and oxygen atoms in total. The quantitative estimate of drug-likeness (QED) is 0.471. The van der Waals surface area contributed by atoms with Crippen molar-refractivity contribution >= 4 is 0 Å². The number of hydrogen-bond donors (Lipinski definition) is 0. The lowest BCUT2D eigenvalue weighted by molar-refractivity contribution is 0.572. The smallest absolute Gasteiger partial charge is 0.0206 e. The fourth-order valence-corrected chi connectivity index (χ4v) is 1.65. The largest absolute Gasteiger partial charge is 0.0999 e. The maximum Gasteiger partial charge on any atom is -0.0206 e. The summed E-state index contributed by atoms with van der Waals surface area (Å²) in [7, 11) is 0. The van der Waals surface area contributed by atoms with Crippen LogP contribution in [0.2, 0.25) is 0 Å². The minimum absolute atomic E-state index is 0.847. The van der Waals surface area contributed by atoms with Gasteiger partial charge in [0.15, 0.2) is 0 Å². The minimum Gasteiger partial charge on any atom is -0.0999 e. The Kier molecular flexibility index (Phi) is 1.94. The van der Waals surface area contributed by atoms with Crippen LogP contribution in [0.3, 0.4) is 0 Å². The van der Waals surface area contributed by atoms with Gasteiger partial charge in [-0.1, -0.05) is 25.5 Å². The fraction of sp³-hybridized carbons (Fsp3) is 0.778. The molecular weight excluding hydrogens is 108 g/mol. The molecule has 0 aromatic rings. The molecule has 0 saturated heterocycles. The molecule has 1 aliphatic carbocycles. The molecule has 1 saturated carbocycles. The number of hydrogen-bond acceptors (Lipinski definition) is 0. The lowest BCUT2D eigenvalue weighted by Gasteiger charge is -2.06. The van der Waals surface area contributed by atoms with Gasteiger partial charge in [0.25, 0.3) is 0 Å². The van der Waals surface area contributed by atoms with Crippen molar-refractivity contribution < 1.29 is 0 Å². The zero-order valence-corrected chi connectivity index (χ0v) is 6.48. The van der Waals surface area contributed by atoms with Gasteiger partial charge in [-0.25, -0.2) is 0 Å². The zero-order chi connectivity index (χ0) is 6.85. The molecule has 0 spiro atoms. The van der Waals surface area contributed by atoms with Gasteiger partial charge in [0, 0.05) is 0 Å². The van der Waals surface area contributed by atoms with E-state index in [0.717, 1.165) is 11.8 Å². The number of rotatable bonds is 1. The van der Waals surface area contributed by atoms with Crippen LogP contribution < -0.4 is 0 Å². The molecule has 0 aromatic carbocycles. The van der Waals surface area contributed by atoms with Crippen LogP contribution in [-0.2, 0) is 0 Å². The van der Waals surface area contributed by atoms with E-state index in [2.05, 4.69) is 20.4 Å². The second-order valence-corrected chi connectivity index (χ2v) is 3.46. The molecule has 0 aromatic heterocycles. The number of allylic oxidation sites excluding steroid dienone is 1. The zero-order valence-electron chi connectivity index (χ0n) is 6.48. The van der Waals surface area contributed by atoms with Crippen molar-refractivity contribution in [2.45, 2.75) is 33.1 Å². The van der Waals surface area contributed by atoms with Gasteiger partial charge in [-0.2, -0.15) is 0 Å². The van der Waals surface area contributed by atoms with Crippen LogP contribution >= 0.6 is 0 Å². The summed E-state index contributed by atoms with van der Waals surface area (Å²) >= 11 is 0. The molecule has 0 bridgehead atoms. The summed E-state index contributed by atoms with van der Waals surface area (Å²) in [6, 6.07) is 0. The van der Waals surface area contributed by atoms with Crippen LogP contribution in [0.4, 0.5) is 0 Å². The standard InChI is InChI=1S/C9H16/c1-7(2)9-5-4-8(3)6-9/h8-9H,1,4-6H2,2-3H3/t8-,9+/m0/s1. The van der Waals surface area contributed by atoms with Crippen LogP contribution in [0.25, 0.3) is 0 Å². The molecule has 0 heteroatoms. The Balaban J connectivity index is 2.39. The van der Waals surface area contributed by atoms with Crippen molar-refractivity contribution in [2.75, 3.05) is 0 Å². The Morgan fingerprint density at radius 2 is 2.11 bits per heavy atom. The SMILES string of the molecule is C=C(C)[C@@H]1CC[C@H](C)C1. The average molecular weight is 124 g/mol. The van der Waals surface area contributed by atoms with E-state index in [9.17, 15) is 0 Å². The van der Waals surface area contributed by atoms with E-state index in [0.29, 0.717) is 0 Å². The Morgan fingerprint density at radius 1 is 1.44 bits per heavy atom. The van der Waals surface area contributed by atoms with E-state index in [1.807, 2.05) is 0 Å². The predicted octanol–water partition coefficient (Wildman–Crippen LogP) is 3.00. The van der Waals surface area contributed by atoms with Gasteiger partial charge >= 0.3 is 0 Å². The van der Waals surface area contributed by atoms with E-state index in [1.165, 1.54) is 24.8 Å². The molecule has 1 fully saturated rings. The molecule has 1 aliphatic rings. The molecule has 0 N–H and O–H groups in total. The van der Waals surface area contributed by atoms with E-state index >= 15 is 0 Å². The maximum atomic E-state index is 3.97. The summed E-state index contributed by atoms with van der Waals surface area (Å²) in [6.45, 7) is 8.46. The summed E-state index contributed by atoms with van der Waals surface area (Å²) in [4.78, 5) is 0. The Bertz CT molecular complexity index is 113. The van der Waals surface area contributed by atoms with Gasteiger partial charge in [0.05, 0.1) is 0 Å². The minimum atomic E-state index is 0.847. The second-order valence-electron chi connectivity index (χ2n) is 3.46. The molecule has 0 amide bonds.